The van der Waals surface area contributed by atoms with Gasteiger partial charge < -0.3 is 20.2 Å². The highest BCUT2D eigenvalue weighted by Gasteiger charge is 2.59. The van der Waals surface area contributed by atoms with E-state index in [2.05, 4.69) is 10.6 Å². The average Bonchev–Trinajstić information content (AvgIpc) is 3.31. The van der Waals surface area contributed by atoms with Gasteiger partial charge in [0, 0.05) is 36.8 Å². The average molecular weight is 432 g/mol. The first-order chi connectivity index (χ1) is 14.8. The molecule has 0 radical (unpaired) electrons. The maximum Gasteiger partial charge on any atom is 0.275 e. The molecule has 1 aromatic carbocycles. The summed E-state index contributed by atoms with van der Waals surface area (Å²) < 4.78 is 27.0. The lowest BCUT2D eigenvalue weighted by Crippen LogP contribution is -2.65. The molecule has 5 atom stereocenters. The molecule has 3 N–H and O–H groups in total. The number of carbonyl (C=O) groups excluding carboxylic acids is 3. The lowest BCUT2D eigenvalue weighted by atomic mass is 9.86. The van der Waals surface area contributed by atoms with Crippen LogP contribution in [0.5, 0.6) is 0 Å². The van der Waals surface area contributed by atoms with Crippen molar-refractivity contribution in [3.8, 4) is 0 Å². The van der Waals surface area contributed by atoms with Gasteiger partial charge in [0.05, 0.1) is 6.04 Å². The molecule has 0 aliphatic carbocycles. The largest absolute Gasteiger partial charge is 0.503 e. The molecule has 0 aromatic heterocycles. The molecular weight excluding hydrogens is 410 g/mol. The second kappa shape index (κ2) is 7.01. The van der Waals surface area contributed by atoms with Crippen LogP contribution in [0.15, 0.2) is 29.7 Å². The maximum atomic E-state index is 13.9. The van der Waals surface area contributed by atoms with E-state index in [1.165, 1.54) is 6.07 Å². The van der Waals surface area contributed by atoms with E-state index in [1.54, 1.807) is 9.80 Å². The Morgan fingerprint density at radius 1 is 1.26 bits per heavy atom. The summed E-state index contributed by atoms with van der Waals surface area (Å²) >= 11 is 0. The summed E-state index contributed by atoms with van der Waals surface area (Å²) in [7, 11) is 0. The monoisotopic (exact) mass is 432 g/mol. The van der Waals surface area contributed by atoms with Crippen LogP contribution in [0.1, 0.15) is 25.3 Å². The van der Waals surface area contributed by atoms with Crippen LogP contribution in [0.4, 0.5) is 8.78 Å². The fourth-order valence-corrected chi connectivity index (χ4v) is 5.37. The zero-order valence-electron chi connectivity index (χ0n) is 16.8. The smallest absolute Gasteiger partial charge is 0.275 e. The van der Waals surface area contributed by atoms with Gasteiger partial charge in [0.2, 0.25) is 11.7 Å². The molecule has 0 bridgehead atoms. The summed E-state index contributed by atoms with van der Waals surface area (Å²) in [5.41, 5.74) is 0.0500. The van der Waals surface area contributed by atoms with Crippen molar-refractivity contribution in [1.29, 1.82) is 0 Å². The summed E-state index contributed by atoms with van der Waals surface area (Å²) in [5, 5.41) is 16.5. The van der Waals surface area contributed by atoms with Crippen LogP contribution in [0, 0.1) is 17.6 Å². The van der Waals surface area contributed by atoms with Gasteiger partial charge in [0.1, 0.15) is 29.4 Å². The van der Waals surface area contributed by atoms with Gasteiger partial charge in [-0.15, -0.1) is 0 Å². The van der Waals surface area contributed by atoms with Crippen molar-refractivity contribution in [2.45, 2.75) is 50.6 Å². The van der Waals surface area contributed by atoms with Gasteiger partial charge in [-0.25, -0.2) is 8.78 Å². The van der Waals surface area contributed by atoms with Crippen molar-refractivity contribution in [2.24, 2.45) is 5.92 Å². The number of amides is 2. The number of hydrogen-bond acceptors (Lipinski definition) is 6. The SMILES string of the molecule is C[C@H]1CN2C(=O)C3=C(O)C(=O)C(C(=O)NCc4ccc(F)cc4F)C4CCC(C2N1)N34. The van der Waals surface area contributed by atoms with E-state index >= 15 is 0 Å². The highest BCUT2D eigenvalue weighted by atomic mass is 19.1. The van der Waals surface area contributed by atoms with Gasteiger partial charge >= 0.3 is 0 Å². The lowest BCUT2D eigenvalue weighted by molar-refractivity contribution is -0.145. The number of nitrogens with zero attached hydrogens (tertiary/aromatic N) is 2. The van der Waals surface area contributed by atoms with Crippen molar-refractivity contribution in [3.05, 3.63) is 46.9 Å². The minimum atomic E-state index is -1.21. The van der Waals surface area contributed by atoms with Gasteiger partial charge in [0.25, 0.3) is 5.91 Å². The number of rotatable bonds is 3. The number of aliphatic hydroxyl groups is 1. The number of ketones is 1. The minimum Gasteiger partial charge on any atom is -0.503 e. The maximum absolute atomic E-state index is 13.9. The Hall–Kier alpha value is -3.01. The first kappa shape index (κ1) is 19.9. The third-order valence-corrected chi connectivity index (χ3v) is 6.70. The molecule has 0 spiro atoms. The molecule has 4 heterocycles. The number of aliphatic hydroxyl groups excluding tert-OH is 1. The minimum absolute atomic E-state index is 0.0294. The van der Waals surface area contributed by atoms with E-state index in [9.17, 15) is 28.3 Å². The predicted octanol–water partition coefficient (Wildman–Crippen LogP) is 0.543. The van der Waals surface area contributed by atoms with Crippen molar-refractivity contribution in [1.82, 2.24) is 20.4 Å². The van der Waals surface area contributed by atoms with E-state index < -0.39 is 47.0 Å². The lowest BCUT2D eigenvalue weighted by Gasteiger charge is -2.48. The Morgan fingerprint density at radius 2 is 2.00 bits per heavy atom. The second-order valence-electron chi connectivity index (χ2n) is 8.58. The van der Waals surface area contributed by atoms with Gasteiger partial charge in [0.15, 0.2) is 5.76 Å². The van der Waals surface area contributed by atoms with E-state index in [0.29, 0.717) is 19.4 Å². The molecule has 3 fully saturated rings. The van der Waals surface area contributed by atoms with E-state index in [1.807, 2.05) is 6.92 Å². The first-order valence-electron chi connectivity index (χ1n) is 10.3. The van der Waals surface area contributed by atoms with Crippen molar-refractivity contribution >= 4 is 17.6 Å². The number of halogens is 2. The van der Waals surface area contributed by atoms with E-state index in [-0.39, 0.29) is 36.1 Å². The number of Topliss-reactive ketones (excluding diaryl/α,β-unsaturated/α-hetero) is 1. The fourth-order valence-electron chi connectivity index (χ4n) is 5.37. The number of nitrogens with one attached hydrogen (secondary N) is 2. The highest BCUT2D eigenvalue weighted by molar-refractivity contribution is 6.14. The van der Waals surface area contributed by atoms with Crippen molar-refractivity contribution in [3.63, 3.8) is 0 Å². The Labute approximate surface area is 176 Å². The number of benzene rings is 1. The zero-order valence-corrected chi connectivity index (χ0v) is 16.8. The summed E-state index contributed by atoms with van der Waals surface area (Å²) in [5.74, 6) is -5.32. The quantitative estimate of drug-likeness (QED) is 0.603. The first-order valence-corrected chi connectivity index (χ1v) is 10.3. The Bertz CT molecular complexity index is 1030. The summed E-state index contributed by atoms with van der Waals surface area (Å²) in [6, 6.07) is 2.39. The van der Waals surface area contributed by atoms with Crippen LogP contribution >= 0.6 is 0 Å². The molecule has 4 unspecified atom stereocenters. The zero-order chi connectivity index (χ0) is 22.0. The molecule has 164 valence electrons. The van der Waals surface area contributed by atoms with Crippen LogP contribution in [0.25, 0.3) is 0 Å². The molecule has 0 saturated carbocycles. The summed E-state index contributed by atoms with van der Waals surface area (Å²) in [4.78, 5) is 42.2. The van der Waals surface area contributed by atoms with Crippen molar-refractivity contribution in [2.75, 3.05) is 6.54 Å². The molecule has 4 aliphatic rings. The van der Waals surface area contributed by atoms with Crippen LogP contribution in [-0.2, 0) is 20.9 Å². The molecule has 5 rings (SSSR count). The standard InChI is InChI=1S/C21H22F2N4O4/c1-9-8-26-19(25-9)14-5-4-13-15(17(28)18(29)16(21(26)31)27(13)14)20(30)24-7-10-2-3-11(22)6-12(10)23/h2-3,6,9,13-15,19,25,29H,4-5,7-8H2,1H3,(H,24,30)/t9-,13?,14?,15?,19?/m0/s1. The fraction of sp³-hybridized carbons (Fsp3) is 0.476. The predicted molar refractivity (Wildman–Crippen MR) is 103 cm³/mol. The van der Waals surface area contributed by atoms with Gasteiger partial charge in [-0.3, -0.25) is 19.7 Å². The van der Waals surface area contributed by atoms with Crippen LogP contribution in [0.3, 0.4) is 0 Å². The van der Waals surface area contributed by atoms with Gasteiger partial charge in [-0.1, -0.05) is 6.07 Å². The topological polar surface area (TPSA) is 102 Å². The number of fused-ring (bicyclic) bond motifs is 2. The van der Waals surface area contributed by atoms with E-state index in [0.717, 1.165) is 12.1 Å². The summed E-state index contributed by atoms with van der Waals surface area (Å²) in [6.07, 6.45) is 0.914. The Balaban J connectivity index is 1.42. The summed E-state index contributed by atoms with van der Waals surface area (Å²) in [6.45, 7) is 2.22. The molecule has 2 amide bonds. The second-order valence-corrected chi connectivity index (χ2v) is 8.58. The number of carbonyl (C=O) groups is 3. The third kappa shape index (κ3) is 2.92. The van der Waals surface area contributed by atoms with Crippen molar-refractivity contribution < 1.29 is 28.3 Å². The molecule has 3 saturated heterocycles. The molecule has 10 heteroatoms. The van der Waals surface area contributed by atoms with Gasteiger partial charge in [-0.05, 0) is 25.8 Å². The van der Waals surface area contributed by atoms with Gasteiger partial charge in [-0.2, -0.15) is 0 Å². The molecule has 4 aliphatic heterocycles. The third-order valence-electron chi connectivity index (χ3n) is 6.70. The molecular formula is C21H22F2N4O4. The number of piperazine rings is 1. The molecule has 1 aromatic rings. The molecule has 8 nitrogen and oxygen atoms in total. The Kier molecular flexibility index (Phi) is 4.51. The van der Waals surface area contributed by atoms with Crippen LogP contribution in [-0.4, -0.2) is 63.3 Å². The normalized spacial score (nSPS) is 31.8. The van der Waals surface area contributed by atoms with E-state index in [4.69, 9.17) is 0 Å². The highest BCUT2D eigenvalue weighted by Crippen LogP contribution is 2.44. The Morgan fingerprint density at radius 3 is 2.74 bits per heavy atom. The number of allylic oxidation sites excluding steroid dienone is 1. The van der Waals surface area contributed by atoms with Crippen LogP contribution < -0.4 is 10.6 Å². The number of hydrogen-bond donors (Lipinski definition) is 3. The van der Waals surface area contributed by atoms with Crippen LogP contribution in [0.2, 0.25) is 0 Å². The molecule has 31 heavy (non-hydrogen) atoms.